The van der Waals surface area contributed by atoms with Crippen molar-refractivity contribution in [3.8, 4) is 68.3 Å². The molecule has 58 heavy (non-hydrogen) atoms. The number of benzene rings is 8. The molecular weight excluding hydrogens is 711 g/mol. The maximum absolute atomic E-state index is 5.13. The van der Waals surface area contributed by atoms with Crippen molar-refractivity contribution in [1.82, 2.24) is 34.1 Å². The quantitative estimate of drug-likeness (QED) is 0.162. The summed E-state index contributed by atoms with van der Waals surface area (Å²) < 4.78 is 4.42. The van der Waals surface area contributed by atoms with Crippen molar-refractivity contribution in [2.24, 2.45) is 0 Å². The molecule has 0 bridgehead atoms. The maximum Gasteiger partial charge on any atom is 0.164 e. The normalized spacial score (nSPS) is 11.4. The highest BCUT2D eigenvalue weighted by atomic mass is 15.1. The van der Waals surface area contributed by atoms with E-state index >= 15 is 0 Å². The summed E-state index contributed by atoms with van der Waals surface area (Å²) >= 11 is 0. The Bertz CT molecular complexity index is 3070. The first kappa shape index (κ1) is 33.3. The van der Waals surface area contributed by atoms with Gasteiger partial charge in [0.2, 0.25) is 0 Å². The standard InChI is InChI=1S/C51H33N7/c1-3-16-39(17-4-1)57-45-24-11-9-22-43(45)52-50(57)37-30-26-35(27-31-37)47-54-48(56-49(55-47)42-21-13-15-34-14-7-8-20-41(34)42)36-28-32-38(33-29-36)51-53-44-23-10-12-25-46(44)58(51)40-18-5-2-6-19-40/h1-33H. The van der Waals surface area contributed by atoms with Crippen LogP contribution in [-0.2, 0) is 0 Å². The zero-order chi connectivity index (χ0) is 38.4. The molecule has 11 aromatic rings. The highest BCUT2D eigenvalue weighted by Crippen LogP contribution is 2.34. The van der Waals surface area contributed by atoms with Gasteiger partial charge in [-0.2, -0.15) is 0 Å². The van der Waals surface area contributed by atoms with E-state index in [4.69, 9.17) is 24.9 Å². The monoisotopic (exact) mass is 743 g/mol. The van der Waals surface area contributed by atoms with Crippen molar-refractivity contribution < 1.29 is 0 Å². The van der Waals surface area contributed by atoms with Crippen molar-refractivity contribution in [2.75, 3.05) is 0 Å². The van der Waals surface area contributed by atoms with Gasteiger partial charge in [-0.05, 0) is 59.3 Å². The van der Waals surface area contributed by atoms with E-state index in [2.05, 4.69) is 185 Å². The van der Waals surface area contributed by atoms with E-state index < -0.39 is 0 Å². The first-order valence-electron chi connectivity index (χ1n) is 19.3. The molecule has 0 radical (unpaired) electrons. The average molecular weight is 744 g/mol. The molecule has 11 rings (SSSR count). The van der Waals surface area contributed by atoms with Crippen LogP contribution in [0.4, 0.5) is 0 Å². The fourth-order valence-electron chi connectivity index (χ4n) is 7.83. The minimum atomic E-state index is 0.589. The van der Waals surface area contributed by atoms with Crippen molar-refractivity contribution in [3.63, 3.8) is 0 Å². The molecule has 0 saturated heterocycles. The van der Waals surface area contributed by atoms with E-state index in [1.165, 1.54) is 0 Å². The maximum atomic E-state index is 5.13. The Balaban J connectivity index is 1.03. The molecule has 0 aliphatic carbocycles. The second-order valence-corrected chi connectivity index (χ2v) is 14.2. The van der Waals surface area contributed by atoms with E-state index in [-0.39, 0.29) is 0 Å². The highest BCUT2D eigenvalue weighted by molar-refractivity contribution is 5.95. The van der Waals surface area contributed by atoms with Crippen LogP contribution in [0.25, 0.3) is 101 Å². The largest absolute Gasteiger partial charge is 0.292 e. The molecule has 0 saturated carbocycles. The number of imidazole rings is 2. The van der Waals surface area contributed by atoms with E-state index in [0.29, 0.717) is 17.5 Å². The minimum Gasteiger partial charge on any atom is -0.292 e. The second kappa shape index (κ2) is 13.9. The van der Waals surface area contributed by atoms with Crippen LogP contribution < -0.4 is 0 Å². The topological polar surface area (TPSA) is 74.3 Å². The number of para-hydroxylation sites is 6. The van der Waals surface area contributed by atoms with E-state index in [1.54, 1.807) is 0 Å². The Morgan fingerprint density at radius 3 is 1.24 bits per heavy atom. The summed E-state index contributed by atoms with van der Waals surface area (Å²) in [6.45, 7) is 0. The molecule has 0 unspecified atom stereocenters. The van der Waals surface area contributed by atoms with Gasteiger partial charge < -0.3 is 0 Å². The first-order chi connectivity index (χ1) is 28.7. The van der Waals surface area contributed by atoms with Crippen molar-refractivity contribution in [1.29, 1.82) is 0 Å². The average Bonchev–Trinajstić information content (AvgIpc) is 3.89. The third kappa shape index (κ3) is 5.81. The Kier molecular flexibility index (Phi) is 8.00. The van der Waals surface area contributed by atoms with Crippen LogP contribution in [0, 0.1) is 0 Å². The van der Waals surface area contributed by atoms with Crippen LogP contribution in [0.15, 0.2) is 200 Å². The summed E-state index contributed by atoms with van der Waals surface area (Å²) in [4.78, 5) is 25.5. The zero-order valence-electron chi connectivity index (χ0n) is 31.2. The van der Waals surface area contributed by atoms with Gasteiger partial charge in [-0.3, -0.25) is 9.13 Å². The summed E-state index contributed by atoms with van der Waals surface area (Å²) in [7, 11) is 0. The third-order valence-corrected chi connectivity index (χ3v) is 10.6. The lowest BCUT2D eigenvalue weighted by molar-refractivity contribution is 1.07. The van der Waals surface area contributed by atoms with Crippen molar-refractivity contribution in [2.45, 2.75) is 0 Å². The molecule has 0 N–H and O–H groups in total. The summed E-state index contributed by atoms with van der Waals surface area (Å²) in [5.74, 6) is 3.53. The van der Waals surface area contributed by atoms with Crippen LogP contribution in [0.5, 0.6) is 0 Å². The molecule has 0 spiro atoms. The fraction of sp³-hybridized carbons (Fsp3) is 0. The summed E-state index contributed by atoms with van der Waals surface area (Å²) in [5.41, 5.74) is 10.8. The van der Waals surface area contributed by atoms with Gasteiger partial charge in [0.25, 0.3) is 0 Å². The van der Waals surface area contributed by atoms with Crippen molar-refractivity contribution >= 4 is 32.8 Å². The number of aromatic nitrogens is 7. The second-order valence-electron chi connectivity index (χ2n) is 14.2. The van der Waals surface area contributed by atoms with Crippen molar-refractivity contribution in [3.05, 3.63) is 200 Å². The molecule has 3 aromatic heterocycles. The van der Waals surface area contributed by atoms with E-state index in [9.17, 15) is 0 Å². The fourth-order valence-corrected chi connectivity index (χ4v) is 7.83. The Hall–Kier alpha value is -8.03. The Labute approximate surface area is 334 Å². The highest BCUT2D eigenvalue weighted by Gasteiger charge is 2.19. The summed E-state index contributed by atoms with van der Waals surface area (Å²) in [5, 5.41) is 2.21. The van der Waals surface area contributed by atoms with Gasteiger partial charge in [-0.25, -0.2) is 24.9 Å². The Morgan fingerprint density at radius 1 is 0.293 bits per heavy atom. The smallest absolute Gasteiger partial charge is 0.164 e. The first-order valence-corrected chi connectivity index (χ1v) is 19.3. The SMILES string of the molecule is c1ccc(-n2c(-c3ccc(-c4nc(-c5ccc(-c6nc7ccccc7n6-c6ccccc6)cc5)nc(-c5cccc6ccccc56)n4)cc3)nc3ccccc32)cc1. The minimum absolute atomic E-state index is 0.589. The van der Waals surface area contributed by atoms with Gasteiger partial charge in [0.15, 0.2) is 17.5 Å². The number of rotatable bonds is 7. The molecule has 0 amide bonds. The predicted molar refractivity (Wildman–Crippen MR) is 234 cm³/mol. The van der Waals surface area contributed by atoms with Crippen LogP contribution >= 0.6 is 0 Å². The van der Waals surface area contributed by atoms with Gasteiger partial charge in [0.1, 0.15) is 11.6 Å². The Morgan fingerprint density at radius 2 is 0.707 bits per heavy atom. The number of fused-ring (bicyclic) bond motifs is 3. The molecule has 7 nitrogen and oxygen atoms in total. The molecule has 7 heteroatoms. The molecule has 0 fully saturated rings. The van der Waals surface area contributed by atoms with Crippen LogP contribution in [0.2, 0.25) is 0 Å². The molecule has 3 heterocycles. The third-order valence-electron chi connectivity index (χ3n) is 10.6. The lowest BCUT2D eigenvalue weighted by Crippen LogP contribution is -2.01. The molecular formula is C51H33N7. The molecule has 0 atom stereocenters. The predicted octanol–water partition coefficient (Wildman–Crippen LogP) is 12.0. The van der Waals surface area contributed by atoms with Gasteiger partial charge in [0.05, 0.1) is 22.1 Å². The van der Waals surface area contributed by atoms with Crippen LogP contribution in [0.1, 0.15) is 0 Å². The summed E-state index contributed by atoms with van der Waals surface area (Å²) in [6.07, 6.45) is 0. The summed E-state index contributed by atoms with van der Waals surface area (Å²) in [6, 6.07) is 68.5. The lowest BCUT2D eigenvalue weighted by Gasteiger charge is -2.12. The number of hydrogen-bond acceptors (Lipinski definition) is 5. The number of nitrogens with zero attached hydrogens (tertiary/aromatic N) is 7. The van der Waals surface area contributed by atoms with E-state index in [1.807, 2.05) is 24.3 Å². The van der Waals surface area contributed by atoms with Gasteiger partial charge in [-0.15, -0.1) is 0 Å². The molecule has 0 aliphatic rings. The lowest BCUT2D eigenvalue weighted by atomic mass is 10.0. The number of hydrogen-bond donors (Lipinski definition) is 0. The van der Waals surface area contributed by atoms with Gasteiger partial charge in [-0.1, -0.05) is 152 Å². The molecule has 8 aromatic carbocycles. The van der Waals surface area contributed by atoms with Gasteiger partial charge in [0, 0.05) is 39.2 Å². The van der Waals surface area contributed by atoms with Gasteiger partial charge >= 0.3 is 0 Å². The zero-order valence-corrected chi connectivity index (χ0v) is 31.2. The van der Waals surface area contributed by atoms with Crippen LogP contribution in [-0.4, -0.2) is 34.1 Å². The molecule has 0 aliphatic heterocycles. The van der Waals surface area contributed by atoms with E-state index in [0.717, 1.165) is 83.7 Å². The molecule has 272 valence electrons. The van der Waals surface area contributed by atoms with Crippen LogP contribution in [0.3, 0.4) is 0 Å².